The molecule has 0 atom stereocenters. The summed E-state index contributed by atoms with van der Waals surface area (Å²) in [7, 11) is 2.06. The number of carbonyl (C=O) groups excluding carboxylic acids is 1. The van der Waals surface area contributed by atoms with Gasteiger partial charge in [-0.2, -0.15) is 0 Å². The Hall–Kier alpha value is -3.48. The summed E-state index contributed by atoms with van der Waals surface area (Å²) in [6, 6.07) is 20.0. The monoisotopic (exact) mass is 502 g/mol. The Morgan fingerprint density at radius 2 is 1.86 bits per heavy atom. The molecule has 0 unspecified atom stereocenters. The highest BCUT2D eigenvalue weighted by Gasteiger charge is 2.29. The van der Waals surface area contributed by atoms with Gasteiger partial charge in [-0.15, -0.1) is 0 Å². The van der Waals surface area contributed by atoms with Crippen LogP contribution in [0.15, 0.2) is 60.7 Å². The van der Waals surface area contributed by atoms with Crippen LogP contribution in [-0.2, 0) is 11.3 Å². The molecule has 0 aromatic heterocycles. The van der Waals surface area contributed by atoms with Gasteiger partial charge in [-0.3, -0.25) is 9.69 Å². The van der Waals surface area contributed by atoms with Crippen molar-refractivity contribution in [1.29, 1.82) is 0 Å². The predicted molar refractivity (Wildman–Crippen MR) is 149 cm³/mol. The maximum Gasteiger partial charge on any atom is 0.258 e. The zero-order valence-corrected chi connectivity index (χ0v) is 21.7. The second-order valence-corrected chi connectivity index (χ2v) is 9.57. The molecule has 3 aromatic rings. The molecule has 0 saturated heterocycles. The molecule has 186 valence electrons. The lowest BCUT2D eigenvalue weighted by atomic mass is 9.99. The van der Waals surface area contributed by atoms with Gasteiger partial charge >= 0.3 is 0 Å². The number of hydrogen-bond acceptors (Lipinski definition) is 5. The highest BCUT2D eigenvalue weighted by atomic mass is 35.5. The van der Waals surface area contributed by atoms with E-state index in [0.717, 1.165) is 60.1 Å². The summed E-state index contributed by atoms with van der Waals surface area (Å²) >= 11 is 6.20. The van der Waals surface area contributed by atoms with E-state index in [4.69, 9.17) is 16.3 Å². The van der Waals surface area contributed by atoms with Crippen LogP contribution < -0.4 is 20.3 Å². The molecule has 36 heavy (non-hydrogen) atoms. The molecule has 6 nitrogen and oxygen atoms in total. The lowest BCUT2D eigenvalue weighted by molar-refractivity contribution is -0.110. The Bertz CT molecular complexity index is 1320. The molecule has 0 fully saturated rings. The Kier molecular flexibility index (Phi) is 6.90. The molecule has 1 amide bonds. The van der Waals surface area contributed by atoms with E-state index in [2.05, 4.69) is 71.7 Å². The number of ether oxygens (including phenoxy) is 1. The Balaban J connectivity index is 1.57. The molecule has 0 aliphatic carbocycles. The molecule has 7 heteroatoms. The quantitative estimate of drug-likeness (QED) is 0.391. The minimum absolute atomic E-state index is 0.163. The van der Waals surface area contributed by atoms with E-state index in [1.54, 1.807) is 6.07 Å². The largest absolute Gasteiger partial charge is 0.490 e. The Morgan fingerprint density at radius 3 is 2.61 bits per heavy atom. The van der Waals surface area contributed by atoms with Gasteiger partial charge in [0.1, 0.15) is 12.4 Å². The summed E-state index contributed by atoms with van der Waals surface area (Å²) in [6.07, 6.45) is 0. The number of fused-ring (bicyclic) bond motifs is 2. The van der Waals surface area contributed by atoms with Crippen molar-refractivity contribution >= 4 is 45.8 Å². The zero-order chi connectivity index (χ0) is 25.2. The molecule has 3 aromatic carbocycles. The highest BCUT2D eigenvalue weighted by molar-refractivity contribution is 6.38. The van der Waals surface area contributed by atoms with Crippen LogP contribution in [0.4, 0.5) is 17.1 Å². The van der Waals surface area contributed by atoms with Crippen LogP contribution in [0, 0.1) is 0 Å². The number of nitrogens with zero attached hydrogens (tertiary/aromatic N) is 2. The lowest BCUT2D eigenvalue weighted by Crippen LogP contribution is -2.28. The number of carbonyl (C=O) groups is 1. The average Bonchev–Trinajstić information content (AvgIpc) is 3.21. The van der Waals surface area contributed by atoms with E-state index < -0.39 is 0 Å². The second-order valence-electron chi connectivity index (χ2n) is 9.13. The standard InChI is InChI=1S/C29H31ClN4O2/c1-4-34(5-2)18-19-6-10-22(11-7-19)31-28(20-8-13-25-26(16-20)36-15-14-33(25)3)27-23-12-9-21(30)17-24(23)32-29(27)35/h6-13,16-17,31H,4-5,14-15,18H2,1-3H3,(H,32,35). The number of anilines is 3. The molecule has 0 radical (unpaired) electrons. The third-order valence-corrected chi connectivity index (χ3v) is 7.08. The lowest BCUT2D eigenvalue weighted by Gasteiger charge is -2.28. The van der Waals surface area contributed by atoms with Gasteiger partial charge in [0, 0.05) is 35.4 Å². The highest BCUT2D eigenvalue weighted by Crippen LogP contribution is 2.41. The van der Waals surface area contributed by atoms with Crippen molar-refractivity contribution in [3.63, 3.8) is 0 Å². The van der Waals surface area contributed by atoms with Gasteiger partial charge in [-0.1, -0.05) is 49.7 Å². The van der Waals surface area contributed by atoms with E-state index >= 15 is 0 Å². The maximum atomic E-state index is 13.2. The van der Waals surface area contributed by atoms with E-state index in [9.17, 15) is 4.79 Å². The minimum Gasteiger partial charge on any atom is -0.490 e. The molecular formula is C29H31ClN4O2. The molecule has 2 heterocycles. The van der Waals surface area contributed by atoms with Crippen molar-refractivity contribution in [3.8, 4) is 5.75 Å². The van der Waals surface area contributed by atoms with E-state index in [0.29, 0.717) is 22.9 Å². The summed E-state index contributed by atoms with van der Waals surface area (Å²) < 4.78 is 5.97. The number of nitrogens with one attached hydrogen (secondary N) is 2. The Morgan fingerprint density at radius 1 is 1.08 bits per heavy atom. The number of hydrogen-bond donors (Lipinski definition) is 2. The molecule has 2 aliphatic heterocycles. The third-order valence-electron chi connectivity index (χ3n) is 6.84. The molecule has 0 bridgehead atoms. The van der Waals surface area contributed by atoms with Crippen molar-refractivity contribution in [2.24, 2.45) is 0 Å². The van der Waals surface area contributed by atoms with Crippen molar-refractivity contribution < 1.29 is 9.53 Å². The van der Waals surface area contributed by atoms with Gasteiger partial charge in [0.2, 0.25) is 0 Å². The van der Waals surface area contributed by atoms with Gasteiger partial charge < -0.3 is 20.3 Å². The van der Waals surface area contributed by atoms with Gasteiger partial charge in [-0.05, 0) is 55.1 Å². The van der Waals surface area contributed by atoms with Crippen LogP contribution in [-0.4, -0.2) is 44.1 Å². The van der Waals surface area contributed by atoms with Crippen molar-refractivity contribution in [2.75, 3.05) is 48.8 Å². The molecule has 5 rings (SSSR count). The fourth-order valence-electron chi connectivity index (χ4n) is 4.73. The van der Waals surface area contributed by atoms with Crippen LogP contribution in [0.2, 0.25) is 5.02 Å². The third kappa shape index (κ3) is 4.79. The first-order valence-corrected chi connectivity index (χ1v) is 12.8. The van der Waals surface area contributed by atoms with Gasteiger partial charge in [0.25, 0.3) is 5.91 Å². The predicted octanol–water partition coefficient (Wildman–Crippen LogP) is 5.94. The van der Waals surface area contributed by atoms with Gasteiger partial charge in [0.15, 0.2) is 0 Å². The number of rotatable bonds is 7. The first-order valence-electron chi connectivity index (χ1n) is 12.4. The summed E-state index contributed by atoms with van der Waals surface area (Å²) in [6.45, 7) is 8.76. The van der Waals surface area contributed by atoms with E-state index in [1.807, 2.05) is 24.3 Å². The van der Waals surface area contributed by atoms with Crippen molar-refractivity contribution in [2.45, 2.75) is 20.4 Å². The summed E-state index contributed by atoms with van der Waals surface area (Å²) in [4.78, 5) is 17.8. The molecule has 2 aliphatic rings. The summed E-state index contributed by atoms with van der Waals surface area (Å²) in [5, 5.41) is 7.11. The van der Waals surface area contributed by atoms with Crippen LogP contribution in [0.3, 0.4) is 0 Å². The topological polar surface area (TPSA) is 56.8 Å². The van der Waals surface area contributed by atoms with Gasteiger partial charge in [-0.25, -0.2) is 0 Å². The summed E-state index contributed by atoms with van der Waals surface area (Å²) in [5.41, 5.74) is 6.92. The number of halogens is 1. The Labute approximate surface area is 217 Å². The van der Waals surface area contributed by atoms with E-state index in [-0.39, 0.29) is 5.91 Å². The second kappa shape index (κ2) is 10.2. The smallest absolute Gasteiger partial charge is 0.258 e. The maximum absolute atomic E-state index is 13.2. The molecular weight excluding hydrogens is 472 g/mol. The van der Waals surface area contributed by atoms with Crippen LogP contribution in [0.25, 0.3) is 11.3 Å². The van der Waals surface area contributed by atoms with Crippen LogP contribution in [0.1, 0.15) is 30.5 Å². The average molecular weight is 503 g/mol. The minimum atomic E-state index is -0.163. The first kappa shape index (κ1) is 24.2. The van der Waals surface area contributed by atoms with Gasteiger partial charge in [0.05, 0.1) is 29.2 Å². The fourth-order valence-corrected chi connectivity index (χ4v) is 4.90. The normalized spacial score (nSPS) is 15.8. The van der Waals surface area contributed by atoms with Crippen LogP contribution >= 0.6 is 11.6 Å². The molecule has 0 spiro atoms. The first-order chi connectivity index (χ1) is 17.5. The van der Waals surface area contributed by atoms with E-state index in [1.165, 1.54) is 5.56 Å². The molecule has 0 saturated carbocycles. The SMILES string of the molecule is CCN(CC)Cc1ccc(NC(=C2C(=O)Nc3cc(Cl)ccc32)c2ccc3c(c2)OCCN3C)cc1. The molecule has 2 N–H and O–H groups in total. The number of amides is 1. The summed E-state index contributed by atoms with van der Waals surface area (Å²) in [5.74, 6) is 0.647. The van der Waals surface area contributed by atoms with Crippen LogP contribution in [0.5, 0.6) is 5.75 Å². The fraction of sp³-hybridized carbons (Fsp3) is 0.276. The number of benzene rings is 3. The van der Waals surface area contributed by atoms with Crippen molar-refractivity contribution in [3.05, 3.63) is 82.4 Å². The number of likely N-dealkylation sites (N-methyl/N-ethyl adjacent to an activating group) is 1. The zero-order valence-electron chi connectivity index (χ0n) is 20.9. The van der Waals surface area contributed by atoms with Crippen molar-refractivity contribution in [1.82, 2.24) is 4.90 Å².